The molecule has 0 aliphatic heterocycles. The van der Waals surface area contributed by atoms with E-state index in [0.717, 1.165) is 6.92 Å². The Morgan fingerprint density at radius 2 is 1.18 bits per heavy atom. The first kappa shape index (κ1) is 44.6. The van der Waals surface area contributed by atoms with Crippen molar-refractivity contribution in [2.75, 3.05) is 19.7 Å². The van der Waals surface area contributed by atoms with Crippen LogP contribution in [0.3, 0.4) is 0 Å². The van der Waals surface area contributed by atoms with E-state index in [1.54, 1.807) is 13.8 Å². The van der Waals surface area contributed by atoms with Crippen LogP contribution < -0.4 is 49.1 Å². The Kier molecular flexibility index (Phi) is 21.0. The zero-order valence-electron chi connectivity index (χ0n) is 28.3. The summed E-state index contributed by atoms with van der Waals surface area (Å²) in [6.45, 7) is 4.90. The predicted octanol–water partition coefficient (Wildman–Crippen LogP) is -5.23. The summed E-state index contributed by atoms with van der Waals surface area (Å²) >= 11 is 0. The maximum Gasteiger partial charge on any atom is 0.326 e. The van der Waals surface area contributed by atoms with Gasteiger partial charge >= 0.3 is 5.97 Å². The van der Waals surface area contributed by atoms with E-state index < -0.39 is 103 Å². The number of amides is 7. The van der Waals surface area contributed by atoms with Crippen molar-refractivity contribution in [1.82, 2.24) is 31.9 Å². The Hall–Kier alpha value is -4.40. The molecular formula is C29H53N9O11. The standard InChI is InChI=1S/C29H53N9O11/c1-14(2)11-19(26(45)34-17(8-9-21(32)41)25(44)35-18(29(48)49)7-5-6-10-30)36-28(47)23(16(4)40)38-27(46)20(13-39)37-24(43)15(3)33-22(42)12-31/h14-20,23,39-40H,5-13,30-31H2,1-4H3,(H2,32,41)(H,33,42)(H,34,45)(H,35,44)(H,36,47)(H,37,43)(H,38,46)(H,48,49)/t15-,16+,17-,18-,19-,20-,23-/m0/s1. The third-order valence-electron chi connectivity index (χ3n) is 7.05. The van der Waals surface area contributed by atoms with Crippen LogP contribution in [0.15, 0.2) is 0 Å². The molecule has 0 aromatic carbocycles. The van der Waals surface area contributed by atoms with Gasteiger partial charge in [0.2, 0.25) is 41.4 Å². The Bertz CT molecular complexity index is 1150. The molecule has 7 atom stereocenters. The highest BCUT2D eigenvalue weighted by Crippen LogP contribution is 2.09. The summed E-state index contributed by atoms with van der Waals surface area (Å²) in [5, 5.41) is 43.5. The maximum atomic E-state index is 13.4. The van der Waals surface area contributed by atoms with E-state index >= 15 is 0 Å². The first-order chi connectivity index (χ1) is 22.9. The number of rotatable bonds is 24. The van der Waals surface area contributed by atoms with Gasteiger partial charge in [-0.2, -0.15) is 0 Å². The van der Waals surface area contributed by atoms with E-state index in [1.165, 1.54) is 6.92 Å². The van der Waals surface area contributed by atoms with Gasteiger partial charge in [-0.15, -0.1) is 0 Å². The molecule has 0 heterocycles. The van der Waals surface area contributed by atoms with Gasteiger partial charge in [0.05, 0.1) is 19.3 Å². The molecule has 49 heavy (non-hydrogen) atoms. The molecule has 15 N–H and O–H groups in total. The second kappa shape index (κ2) is 23.0. The highest BCUT2D eigenvalue weighted by Gasteiger charge is 2.34. The van der Waals surface area contributed by atoms with Gasteiger partial charge in [-0.25, -0.2) is 4.79 Å². The fraction of sp³-hybridized carbons (Fsp3) is 0.724. The number of nitrogens with two attached hydrogens (primary N) is 3. The molecule has 0 aromatic heterocycles. The van der Waals surface area contributed by atoms with E-state index in [-0.39, 0.29) is 31.6 Å². The van der Waals surface area contributed by atoms with Gasteiger partial charge in [-0.3, -0.25) is 33.6 Å². The number of aliphatic hydroxyl groups is 2. The molecule has 0 fully saturated rings. The van der Waals surface area contributed by atoms with Crippen molar-refractivity contribution in [3.8, 4) is 0 Å². The van der Waals surface area contributed by atoms with E-state index in [4.69, 9.17) is 17.2 Å². The molecule has 0 saturated carbocycles. The van der Waals surface area contributed by atoms with Crippen LogP contribution in [-0.4, -0.2) is 125 Å². The molecule has 0 spiro atoms. The number of carbonyl (C=O) groups excluding carboxylic acids is 7. The van der Waals surface area contributed by atoms with Crippen molar-refractivity contribution >= 4 is 47.3 Å². The number of carboxylic acids is 1. The molecule has 0 radical (unpaired) electrons. The molecule has 0 unspecified atom stereocenters. The first-order valence-electron chi connectivity index (χ1n) is 15.9. The van der Waals surface area contributed by atoms with Crippen molar-refractivity contribution in [1.29, 1.82) is 0 Å². The number of unbranched alkanes of at least 4 members (excludes halogenated alkanes) is 1. The minimum atomic E-state index is -1.70. The van der Waals surface area contributed by atoms with Gasteiger partial charge in [-0.05, 0) is 58.4 Å². The maximum absolute atomic E-state index is 13.4. The van der Waals surface area contributed by atoms with Crippen molar-refractivity contribution in [3.05, 3.63) is 0 Å². The number of primary amides is 1. The zero-order valence-corrected chi connectivity index (χ0v) is 28.3. The fourth-order valence-corrected chi connectivity index (χ4v) is 4.33. The van der Waals surface area contributed by atoms with Crippen LogP contribution in [0.1, 0.15) is 66.2 Å². The van der Waals surface area contributed by atoms with E-state index in [1.807, 2.05) is 0 Å². The van der Waals surface area contributed by atoms with Crippen molar-refractivity contribution in [2.45, 2.75) is 109 Å². The average molecular weight is 704 g/mol. The van der Waals surface area contributed by atoms with Gasteiger partial charge < -0.3 is 64.4 Å². The third-order valence-corrected chi connectivity index (χ3v) is 7.05. The summed E-state index contributed by atoms with van der Waals surface area (Å²) in [6.07, 6.45) is -1.23. The zero-order chi connectivity index (χ0) is 37.8. The van der Waals surface area contributed by atoms with Crippen molar-refractivity contribution < 1.29 is 53.7 Å². The summed E-state index contributed by atoms with van der Waals surface area (Å²) in [7, 11) is 0. The third kappa shape index (κ3) is 17.5. The van der Waals surface area contributed by atoms with Crippen LogP contribution in [0.5, 0.6) is 0 Å². The molecule has 20 heteroatoms. The number of aliphatic hydroxyl groups excluding tert-OH is 2. The Labute approximate surface area is 284 Å². The summed E-state index contributed by atoms with van der Waals surface area (Å²) in [6, 6.07) is -8.54. The lowest BCUT2D eigenvalue weighted by Gasteiger charge is -2.28. The van der Waals surface area contributed by atoms with Gasteiger partial charge in [-0.1, -0.05) is 13.8 Å². The predicted molar refractivity (Wildman–Crippen MR) is 174 cm³/mol. The molecule has 0 bridgehead atoms. The summed E-state index contributed by atoms with van der Waals surface area (Å²) in [5.41, 5.74) is 15.9. The monoisotopic (exact) mass is 703 g/mol. The van der Waals surface area contributed by atoms with Crippen LogP contribution in [0.25, 0.3) is 0 Å². The van der Waals surface area contributed by atoms with E-state index in [2.05, 4.69) is 31.9 Å². The SMILES string of the molecule is CC(C)C[C@H](NC(=O)[C@@H](NC(=O)[C@H](CO)NC(=O)[C@H](C)NC(=O)CN)[C@@H](C)O)C(=O)N[C@@H](CCC(N)=O)C(=O)N[C@@H](CCCCN)C(=O)O. The normalized spacial score (nSPS) is 15.3. The summed E-state index contributed by atoms with van der Waals surface area (Å²) < 4.78 is 0. The summed E-state index contributed by atoms with van der Waals surface area (Å²) in [5.74, 6) is -7.77. The Morgan fingerprint density at radius 1 is 0.653 bits per heavy atom. The van der Waals surface area contributed by atoms with Gasteiger partial charge in [0.1, 0.15) is 36.3 Å². The van der Waals surface area contributed by atoms with E-state index in [9.17, 15) is 53.7 Å². The molecular weight excluding hydrogens is 650 g/mol. The highest BCUT2D eigenvalue weighted by molar-refractivity contribution is 5.97. The molecule has 0 saturated heterocycles. The van der Waals surface area contributed by atoms with Crippen LogP contribution in [0.2, 0.25) is 0 Å². The molecule has 0 aliphatic rings. The second-order valence-electron chi connectivity index (χ2n) is 11.9. The average Bonchev–Trinajstić information content (AvgIpc) is 3.02. The second-order valence-corrected chi connectivity index (χ2v) is 11.9. The molecule has 0 aromatic rings. The largest absolute Gasteiger partial charge is 0.480 e. The molecule has 20 nitrogen and oxygen atoms in total. The molecule has 280 valence electrons. The number of nitrogens with one attached hydrogen (secondary N) is 6. The number of carbonyl (C=O) groups is 8. The Morgan fingerprint density at radius 3 is 1.67 bits per heavy atom. The minimum absolute atomic E-state index is 0.000772. The lowest BCUT2D eigenvalue weighted by atomic mass is 10.0. The minimum Gasteiger partial charge on any atom is -0.480 e. The number of aliphatic carboxylic acids is 1. The molecule has 0 aliphatic carbocycles. The summed E-state index contributed by atoms with van der Waals surface area (Å²) in [4.78, 5) is 99.8. The quantitative estimate of drug-likeness (QED) is 0.0419. The number of hydrogen-bond acceptors (Lipinski definition) is 12. The molecule has 0 rings (SSSR count). The van der Waals surface area contributed by atoms with Crippen LogP contribution >= 0.6 is 0 Å². The van der Waals surface area contributed by atoms with E-state index in [0.29, 0.717) is 19.4 Å². The van der Waals surface area contributed by atoms with Crippen LogP contribution in [-0.2, 0) is 38.4 Å². The lowest BCUT2D eigenvalue weighted by Crippen LogP contribution is -2.62. The number of hydrogen-bond donors (Lipinski definition) is 12. The van der Waals surface area contributed by atoms with Crippen LogP contribution in [0, 0.1) is 5.92 Å². The topological polar surface area (TPSA) is 347 Å². The first-order valence-corrected chi connectivity index (χ1v) is 15.9. The lowest BCUT2D eigenvalue weighted by molar-refractivity contribution is -0.142. The number of carboxylic acid groups (broad SMARTS) is 1. The Balaban J connectivity index is 5.93. The highest BCUT2D eigenvalue weighted by atomic mass is 16.4. The fourth-order valence-electron chi connectivity index (χ4n) is 4.33. The van der Waals surface area contributed by atoms with Gasteiger partial charge in [0.15, 0.2) is 0 Å². The van der Waals surface area contributed by atoms with Crippen molar-refractivity contribution in [2.24, 2.45) is 23.1 Å². The smallest absolute Gasteiger partial charge is 0.326 e. The van der Waals surface area contributed by atoms with Crippen LogP contribution in [0.4, 0.5) is 0 Å². The van der Waals surface area contributed by atoms with Gasteiger partial charge in [0.25, 0.3) is 0 Å². The molecule has 7 amide bonds. The van der Waals surface area contributed by atoms with Gasteiger partial charge in [0, 0.05) is 6.42 Å². The van der Waals surface area contributed by atoms with Crippen molar-refractivity contribution in [3.63, 3.8) is 0 Å².